The zero-order valence-electron chi connectivity index (χ0n) is 9.45. The Bertz CT molecular complexity index is 798. The van der Waals surface area contributed by atoms with Crippen molar-refractivity contribution in [3.8, 4) is 0 Å². The first kappa shape index (κ1) is 13.9. The van der Waals surface area contributed by atoms with Gasteiger partial charge >= 0.3 is 0 Å². The third-order valence-corrected chi connectivity index (χ3v) is 5.86. The van der Waals surface area contributed by atoms with Gasteiger partial charge < -0.3 is 4.98 Å². The molecule has 1 amide bonds. The lowest BCUT2D eigenvalue weighted by Gasteiger charge is -2.02. The van der Waals surface area contributed by atoms with Crippen molar-refractivity contribution in [3.05, 3.63) is 30.7 Å². The van der Waals surface area contributed by atoms with E-state index < -0.39 is 0 Å². The maximum Gasteiger partial charge on any atom is 0.268 e. The molecule has 0 aromatic carbocycles. The molecule has 3 rings (SSSR count). The van der Waals surface area contributed by atoms with E-state index in [9.17, 15) is 4.79 Å². The number of carbonyl (C=O) groups is 1. The van der Waals surface area contributed by atoms with E-state index >= 15 is 0 Å². The molecule has 3 aromatic rings. The molecule has 102 valence electrons. The van der Waals surface area contributed by atoms with Crippen LogP contribution in [0, 0.1) is 0 Å². The summed E-state index contributed by atoms with van der Waals surface area (Å²) in [7, 11) is 0. The number of halogens is 3. The second-order valence-electron chi connectivity index (χ2n) is 3.63. The highest BCUT2D eigenvalue weighted by Crippen LogP contribution is 2.32. The molecule has 10 heteroatoms. The van der Waals surface area contributed by atoms with Gasteiger partial charge in [-0.2, -0.15) is 9.97 Å². The van der Waals surface area contributed by atoms with E-state index in [0.29, 0.717) is 16.0 Å². The zero-order valence-corrected chi connectivity index (χ0v) is 14.2. The number of thiophene rings is 1. The second kappa shape index (κ2) is 5.40. The first-order chi connectivity index (χ1) is 9.54. The number of nitrogens with zero attached hydrogens (tertiary/aromatic N) is 3. The van der Waals surface area contributed by atoms with Crippen molar-refractivity contribution in [3.63, 3.8) is 0 Å². The number of aromatic amines is 1. The van der Waals surface area contributed by atoms with Gasteiger partial charge in [-0.15, -0.1) is 11.3 Å². The summed E-state index contributed by atoms with van der Waals surface area (Å²) in [4.78, 5) is 27.5. The van der Waals surface area contributed by atoms with Gasteiger partial charge in [0, 0.05) is 4.47 Å². The highest BCUT2D eigenvalue weighted by atomic mass is 79.9. The van der Waals surface area contributed by atoms with Crippen molar-refractivity contribution in [1.29, 1.82) is 0 Å². The van der Waals surface area contributed by atoms with Gasteiger partial charge in [0.05, 0.1) is 15.0 Å². The van der Waals surface area contributed by atoms with Gasteiger partial charge in [-0.05, 0) is 37.9 Å². The van der Waals surface area contributed by atoms with Crippen LogP contribution in [0.4, 0.5) is 5.95 Å². The van der Waals surface area contributed by atoms with Gasteiger partial charge in [0.25, 0.3) is 5.91 Å². The predicted octanol–water partition coefficient (Wildman–Crippen LogP) is 3.85. The smallest absolute Gasteiger partial charge is 0.268 e. The number of imidazole rings is 1. The van der Waals surface area contributed by atoms with Crippen molar-refractivity contribution >= 4 is 77.8 Å². The number of fused-ring (bicyclic) bond motifs is 1. The Balaban J connectivity index is 1.90. The summed E-state index contributed by atoms with van der Waals surface area (Å²) in [6, 6.07) is 1.71. The maximum absolute atomic E-state index is 12.1. The summed E-state index contributed by atoms with van der Waals surface area (Å²) in [6.07, 6.45) is 1.46. The first-order valence-electron chi connectivity index (χ1n) is 5.17. The molecule has 0 atom stereocenters. The van der Waals surface area contributed by atoms with Crippen molar-refractivity contribution in [2.24, 2.45) is 0 Å². The standard InChI is InChI=1S/C10H4Br2ClN5OS/c11-3-1-4(20-6(3)12)9(19)18-10-16-7(13)5-8(17-10)15-2-14-5/h1-2H,(H2,14,15,16,17,18,19). The van der Waals surface area contributed by atoms with Crippen LogP contribution in [0.2, 0.25) is 5.15 Å². The third-order valence-electron chi connectivity index (χ3n) is 2.34. The molecule has 0 aliphatic carbocycles. The number of hydrogen-bond acceptors (Lipinski definition) is 5. The Labute approximate surface area is 138 Å². The fourth-order valence-corrected chi connectivity index (χ4v) is 3.63. The summed E-state index contributed by atoms with van der Waals surface area (Å²) in [5.41, 5.74) is 0.931. The Morgan fingerprint density at radius 1 is 1.40 bits per heavy atom. The van der Waals surface area contributed by atoms with Crippen molar-refractivity contribution < 1.29 is 4.79 Å². The van der Waals surface area contributed by atoms with Gasteiger partial charge in [0.1, 0.15) is 5.52 Å². The molecule has 20 heavy (non-hydrogen) atoms. The first-order valence-corrected chi connectivity index (χ1v) is 7.95. The van der Waals surface area contributed by atoms with E-state index in [1.807, 2.05) is 0 Å². The quantitative estimate of drug-likeness (QED) is 0.597. The Morgan fingerprint density at radius 3 is 2.90 bits per heavy atom. The maximum atomic E-state index is 12.1. The lowest BCUT2D eigenvalue weighted by Crippen LogP contribution is -2.13. The van der Waals surface area contributed by atoms with Gasteiger partial charge in [0.15, 0.2) is 10.8 Å². The van der Waals surface area contributed by atoms with Crippen molar-refractivity contribution in [1.82, 2.24) is 19.9 Å². The average Bonchev–Trinajstić information content (AvgIpc) is 2.97. The van der Waals surface area contributed by atoms with Crippen LogP contribution in [0.1, 0.15) is 9.67 Å². The fraction of sp³-hybridized carbons (Fsp3) is 0. The van der Waals surface area contributed by atoms with Crippen molar-refractivity contribution in [2.45, 2.75) is 0 Å². The summed E-state index contributed by atoms with van der Waals surface area (Å²) in [5, 5.41) is 2.80. The van der Waals surface area contributed by atoms with Crippen LogP contribution in [0.15, 0.2) is 20.7 Å². The Hall–Kier alpha value is -1.03. The molecule has 0 saturated carbocycles. The molecule has 2 N–H and O–H groups in total. The minimum atomic E-state index is -0.313. The molecule has 0 aliphatic heterocycles. The molecular weight excluding hydrogens is 433 g/mol. The van der Waals surface area contributed by atoms with E-state index in [2.05, 4.69) is 57.1 Å². The molecule has 0 spiro atoms. The van der Waals surface area contributed by atoms with Crippen LogP contribution >= 0.6 is 54.8 Å². The topological polar surface area (TPSA) is 83.6 Å². The molecule has 0 radical (unpaired) electrons. The van der Waals surface area contributed by atoms with Crippen LogP contribution in [0.3, 0.4) is 0 Å². The lowest BCUT2D eigenvalue weighted by molar-refractivity contribution is 0.102. The number of amides is 1. The molecular formula is C10H4Br2ClN5OS. The molecule has 3 heterocycles. The number of aromatic nitrogens is 4. The number of hydrogen-bond donors (Lipinski definition) is 2. The minimum Gasteiger partial charge on any atom is -0.341 e. The molecule has 0 fully saturated rings. The Kier molecular flexibility index (Phi) is 3.76. The fourth-order valence-electron chi connectivity index (χ4n) is 1.48. The molecule has 0 bridgehead atoms. The second-order valence-corrected chi connectivity index (χ2v) is 7.21. The molecule has 3 aromatic heterocycles. The molecule has 0 aliphatic rings. The lowest BCUT2D eigenvalue weighted by atomic mass is 10.4. The Morgan fingerprint density at radius 2 is 2.20 bits per heavy atom. The highest BCUT2D eigenvalue weighted by Gasteiger charge is 2.15. The summed E-state index contributed by atoms with van der Waals surface area (Å²) in [5.74, 6) is -0.201. The van der Waals surface area contributed by atoms with E-state index in [4.69, 9.17) is 11.6 Å². The van der Waals surface area contributed by atoms with E-state index in [1.54, 1.807) is 6.07 Å². The van der Waals surface area contributed by atoms with Crippen LogP contribution in [0.5, 0.6) is 0 Å². The number of rotatable bonds is 2. The van der Waals surface area contributed by atoms with Crippen LogP contribution in [-0.2, 0) is 0 Å². The normalized spacial score (nSPS) is 10.9. The minimum absolute atomic E-state index is 0.111. The van der Waals surface area contributed by atoms with Gasteiger partial charge in [-0.25, -0.2) is 4.98 Å². The van der Waals surface area contributed by atoms with E-state index in [1.165, 1.54) is 17.7 Å². The molecule has 6 nitrogen and oxygen atoms in total. The van der Waals surface area contributed by atoms with E-state index in [-0.39, 0.29) is 17.0 Å². The summed E-state index contributed by atoms with van der Waals surface area (Å²) in [6.45, 7) is 0. The summed E-state index contributed by atoms with van der Waals surface area (Å²) < 4.78 is 1.65. The number of anilines is 1. The SMILES string of the molecule is O=C(Nc1nc(Cl)c2[nH]cnc2n1)c1cc(Br)c(Br)s1. The highest BCUT2D eigenvalue weighted by molar-refractivity contribution is 9.13. The average molecular weight is 438 g/mol. The molecule has 0 saturated heterocycles. The molecule has 0 unspecified atom stereocenters. The van der Waals surface area contributed by atoms with Crippen LogP contribution < -0.4 is 5.32 Å². The van der Waals surface area contributed by atoms with Gasteiger partial charge in [-0.3, -0.25) is 10.1 Å². The monoisotopic (exact) mass is 435 g/mol. The third kappa shape index (κ3) is 2.58. The van der Waals surface area contributed by atoms with Crippen LogP contribution in [-0.4, -0.2) is 25.8 Å². The number of H-pyrrole nitrogens is 1. The van der Waals surface area contributed by atoms with Crippen LogP contribution in [0.25, 0.3) is 11.2 Å². The summed E-state index contributed by atoms with van der Waals surface area (Å²) >= 11 is 13.9. The number of carbonyl (C=O) groups excluding carboxylic acids is 1. The van der Waals surface area contributed by atoms with Gasteiger partial charge in [0.2, 0.25) is 5.95 Å². The zero-order chi connectivity index (χ0) is 14.3. The largest absolute Gasteiger partial charge is 0.341 e. The van der Waals surface area contributed by atoms with Gasteiger partial charge in [-0.1, -0.05) is 11.6 Å². The van der Waals surface area contributed by atoms with Crippen molar-refractivity contribution in [2.75, 3.05) is 5.32 Å². The predicted molar refractivity (Wildman–Crippen MR) is 84.4 cm³/mol. The number of nitrogens with one attached hydrogen (secondary N) is 2. The van der Waals surface area contributed by atoms with E-state index in [0.717, 1.165) is 8.26 Å².